The molecule has 54 valence electrons. The van der Waals surface area contributed by atoms with Gasteiger partial charge in [0.2, 0.25) is 0 Å². The number of pyridine rings is 1. The summed E-state index contributed by atoms with van der Waals surface area (Å²) in [4.78, 5) is 4.17. The molecule has 0 aromatic carbocycles. The minimum absolute atomic E-state index is 0.856. The fourth-order valence-electron chi connectivity index (χ4n) is 0.669. The Morgan fingerprint density at radius 3 is 2.80 bits per heavy atom. The Bertz CT molecular complexity index is 197. The highest BCUT2D eigenvalue weighted by Crippen LogP contribution is 2.07. The first-order valence-corrected chi connectivity index (χ1v) is 4.47. The van der Waals surface area contributed by atoms with E-state index in [-0.39, 0.29) is 0 Å². The second-order valence-corrected chi connectivity index (χ2v) is 3.30. The van der Waals surface area contributed by atoms with E-state index in [1.54, 1.807) is 6.20 Å². The average Bonchev–Trinajstić information content (AvgIpc) is 1.95. The van der Waals surface area contributed by atoms with Crippen molar-refractivity contribution in [3.05, 3.63) is 28.5 Å². The molecular weight excluding hydrogens is 210 g/mol. The molecule has 0 spiro atoms. The molecule has 0 fully saturated rings. The topological polar surface area (TPSA) is 12.9 Å². The van der Waals surface area contributed by atoms with E-state index in [1.165, 1.54) is 0 Å². The Hall–Kier alpha value is -0.0200. The smallest absolute Gasteiger partial charge is 0.0413 e. The monoisotopic (exact) mass is 217 g/mol. The second kappa shape index (κ2) is 3.98. The minimum Gasteiger partial charge on any atom is -0.260 e. The molecule has 0 aliphatic carbocycles. The van der Waals surface area contributed by atoms with Crippen LogP contribution < -0.4 is 0 Å². The van der Waals surface area contributed by atoms with Crippen LogP contribution >= 0.6 is 28.6 Å². The largest absolute Gasteiger partial charge is 0.260 e. The normalized spacial score (nSPS) is 9.80. The van der Waals surface area contributed by atoms with E-state index >= 15 is 0 Å². The Morgan fingerprint density at radius 2 is 2.30 bits per heavy atom. The molecule has 0 N–H and O–H groups in total. The summed E-state index contributed by atoms with van der Waals surface area (Å²) < 4.78 is 1.02. The van der Waals surface area contributed by atoms with Gasteiger partial charge < -0.3 is 0 Å². The molecule has 1 aromatic heterocycles. The Kier molecular flexibility index (Phi) is 3.22. The molecule has 3 heteroatoms. The van der Waals surface area contributed by atoms with E-state index in [1.807, 2.05) is 12.1 Å². The number of aryl methyl sites for hydroxylation is 1. The molecular formula is C7H8BrNS. The van der Waals surface area contributed by atoms with E-state index < -0.39 is 0 Å². The van der Waals surface area contributed by atoms with Crippen LogP contribution in [0.2, 0.25) is 0 Å². The summed E-state index contributed by atoms with van der Waals surface area (Å²) in [6, 6.07) is 3.99. The quantitative estimate of drug-likeness (QED) is 0.751. The van der Waals surface area contributed by atoms with Gasteiger partial charge in [0.1, 0.15) is 0 Å². The standard InChI is InChI=1S/C7H8BrNS/c8-6-1-2-7(3-4-10)9-5-6/h1-2,5,10H,3-4H2. The fraction of sp³-hybridized carbons (Fsp3) is 0.286. The van der Waals surface area contributed by atoms with Gasteiger partial charge in [-0.2, -0.15) is 12.6 Å². The van der Waals surface area contributed by atoms with Crippen molar-refractivity contribution in [1.82, 2.24) is 4.98 Å². The van der Waals surface area contributed by atoms with E-state index in [2.05, 4.69) is 33.5 Å². The summed E-state index contributed by atoms with van der Waals surface area (Å²) in [5.74, 6) is 0.856. The first-order valence-electron chi connectivity index (χ1n) is 3.04. The summed E-state index contributed by atoms with van der Waals surface area (Å²) in [5.41, 5.74) is 1.10. The molecule has 1 nitrogen and oxygen atoms in total. The lowest BCUT2D eigenvalue weighted by Crippen LogP contribution is -1.88. The summed E-state index contributed by atoms with van der Waals surface area (Å²) in [7, 11) is 0. The van der Waals surface area contributed by atoms with Crippen LogP contribution in [0.15, 0.2) is 22.8 Å². The SMILES string of the molecule is SCCc1ccc(Br)cn1. The number of hydrogen-bond acceptors (Lipinski definition) is 2. The number of hydrogen-bond donors (Lipinski definition) is 1. The van der Waals surface area contributed by atoms with Crippen LogP contribution in [0.25, 0.3) is 0 Å². The molecule has 0 saturated carbocycles. The molecule has 0 aliphatic heterocycles. The Morgan fingerprint density at radius 1 is 1.50 bits per heavy atom. The molecule has 0 aliphatic rings. The Labute approximate surface area is 74.4 Å². The van der Waals surface area contributed by atoms with Gasteiger partial charge in [0, 0.05) is 16.4 Å². The zero-order chi connectivity index (χ0) is 7.40. The van der Waals surface area contributed by atoms with Crippen molar-refractivity contribution in [2.75, 3.05) is 5.75 Å². The van der Waals surface area contributed by atoms with E-state index in [9.17, 15) is 0 Å². The van der Waals surface area contributed by atoms with Crippen molar-refractivity contribution in [2.45, 2.75) is 6.42 Å². The number of thiol groups is 1. The first-order chi connectivity index (χ1) is 4.83. The highest BCUT2D eigenvalue weighted by atomic mass is 79.9. The molecule has 1 rings (SSSR count). The van der Waals surface area contributed by atoms with Crippen molar-refractivity contribution in [3.63, 3.8) is 0 Å². The second-order valence-electron chi connectivity index (χ2n) is 1.94. The van der Waals surface area contributed by atoms with Crippen molar-refractivity contribution in [1.29, 1.82) is 0 Å². The highest BCUT2D eigenvalue weighted by molar-refractivity contribution is 9.10. The number of nitrogens with zero attached hydrogens (tertiary/aromatic N) is 1. The Balaban J connectivity index is 2.69. The van der Waals surface area contributed by atoms with E-state index in [0.29, 0.717) is 0 Å². The molecule has 0 unspecified atom stereocenters. The van der Waals surface area contributed by atoms with Crippen molar-refractivity contribution >= 4 is 28.6 Å². The van der Waals surface area contributed by atoms with Crippen LogP contribution in [0.5, 0.6) is 0 Å². The fourth-order valence-corrected chi connectivity index (χ4v) is 1.13. The van der Waals surface area contributed by atoms with Crippen LogP contribution in [-0.4, -0.2) is 10.7 Å². The number of aromatic nitrogens is 1. The van der Waals surface area contributed by atoms with Gasteiger partial charge in [-0.1, -0.05) is 0 Å². The summed E-state index contributed by atoms with van der Waals surface area (Å²) in [6.07, 6.45) is 2.75. The number of halogens is 1. The van der Waals surface area contributed by atoms with Crippen LogP contribution in [0.4, 0.5) is 0 Å². The molecule has 0 atom stereocenters. The maximum Gasteiger partial charge on any atom is 0.0413 e. The zero-order valence-corrected chi connectivity index (χ0v) is 7.90. The molecule has 0 saturated heterocycles. The molecule has 10 heavy (non-hydrogen) atoms. The summed E-state index contributed by atoms with van der Waals surface area (Å²) >= 11 is 7.42. The van der Waals surface area contributed by atoms with Crippen LogP contribution in [0.3, 0.4) is 0 Å². The lowest BCUT2D eigenvalue weighted by Gasteiger charge is -1.95. The predicted molar refractivity (Wildman–Crippen MR) is 49.5 cm³/mol. The van der Waals surface area contributed by atoms with Gasteiger partial charge in [-0.15, -0.1) is 0 Å². The predicted octanol–water partition coefficient (Wildman–Crippen LogP) is 2.32. The van der Waals surface area contributed by atoms with Crippen molar-refractivity contribution in [2.24, 2.45) is 0 Å². The summed E-state index contributed by atoms with van der Waals surface area (Å²) in [5, 5.41) is 0. The van der Waals surface area contributed by atoms with Gasteiger partial charge in [0.15, 0.2) is 0 Å². The lowest BCUT2D eigenvalue weighted by molar-refractivity contribution is 1.05. The summed E-state index contributed by atoms with van der Waals surface area (Å²) in [6.45, 7) is 0. The third-order valence-corrected chi connectivity index (χ3v) is 1.85. The van der Waals surface area contributed by atoms with Crippen LogP contribution in [0, 0.1) is 0 Å². The maximum atomic E-state index is 4.17. The number of rotatable bonds is 2. The maximum absolute atomic E-state index is 4.17. The van der Waals surface area contributed by atoms with Gasteiger partial charge in [-0.05, 0) is 40.2 Å². The highest BCUT2D eigenvalue weighted by Gasteiger charge is 1.90. The minimum atomic E-state index is 0.856. The van der Waals surface area contributed by atoms with Gasteiger partial charge in [-0.25, -0.2) is 0 Å². The third-order valence-electron chi connectivity index (χ3n) is 1.16. The molecule has 1 aromatic rings. The van der Waals surface area contributed by atoms with Gasteiger partial charge >= 0.3 is 0 Å². The van der Waals surface area contributed by atoms with Crippen LogP contribution in [-0.2, 0) is 6.42 Å². The molecule has 0 radical (unpaired) electrons. The van der Waals surface area contributed by atoms with Crippen molar-refractivity contribution in [3.8, 4) is 0 Å². The zero-order valence-electron chi connectivity index (χ0n) is 5.42. The average molecular weight is 218 g/mol. The molecule has 0 bridgehead atoms. The van der Waals surface area contributed by atoms with Crippen LogP contribution in [0.1, 0.15) is 5.69 Å². The van der Waals surface area contributed by atoms with E-state index in [4.69, 9.17) is 0 Å². The van der Waals surface area contributed by atoms with Gasteiger partial charge in [0.05, 0.1) is 0 Å². The first kappa shape index (κ1) is 8.08. The van der Waals surface area contributed by atoms with E-state index in [0.717, 1.165) is 22.3 Å². The molecule has 0 amide bonds. The lowest BCUT2D eigenvalue weighted by atomic mass is 10.3. The molecule has 1 heterocycles. The van der Waals surface area contributed by atoms with Crippen molar-refractivity contribution < 1.29 is 0 Å². The van der Waals surface area contributed by atoms with Gasteiger partial charge in [0.25, 0.3) is 0 Å². The third kappa shape index (κ3) is 2.31. The van der Waals surface area contributed by atoms with Gasteiger partial charge in [-0.3, -0.25) is 4.98 Å².